The molecule has 3 N–H and O–H groups in total. The second kappa shape index (κ2) is 12.2. The van der Waals surface area contributed by atoms with Crippen LogP contribution in [0.4, 0.5) is 0 Å². The molecule has 2 aliphatic carbocycles. The van der Waals surface area contributed by atoms with Gasteiger partial charge in [-0.1, -0.05) is 38.2 Å². The zero-order valence-corrected chi connectivity index (χ0v) is 19.9. The van der Waals surface area contributed by atoms with E-state index in [0.717, 1.165) is 64.2 Å². The van der Waals surface area contributed by atoms with Gasteiger partial charge in [0.25, 0.3) is 0 Å². The Morgan fingerprint density at radius 3 is 2.56 bits per heavy atom. The molecule has 1 heterocycles. The molecule has 0 radical (unpaired) electrons. The topological polar surface area (TPSA) is 102 Å². The fraction of sp³-hybridized carbons (Fsp3) is 0.769. The van der Waals surface area contributed by atoms with E-state index in [2.05, 4.69) is 23.6 Å². The van der Waals surface area contributed by atoms with Gasteiger partial charge in [0.1, 0.15) is 0 Å². The highest BCUT2D eigenvalue weighted by atomic mass is 32.1. The number of carboxylic acids is 1. The molecular weight excluding hydrogens is 422 g/mol. The Morgan fingerprint density at radius 1 is 1.19 bits per heavy atom. The van der Waals surface area contributed by atoms with Crippen LogP contribution >= 0.6 is 11.3 Å². The number of unbranched alkanes of at least 4 members (excludes halogenated alkanes) is 3. The minimum absolute atomic E-state index is 0.0314. The van der Waals surface area contributed by atoms with Crippen molar-refractivity contribution in [2.45, 2.75) is 102 Å². The molecule has 2 aliphatic rings. The fourth-order valence-corrected chi connectivity index (χ4v) is 6.91. The van der Waals surface area contributed by atoms with Crippen LogP contribution in [-0.2, 0) is 11.2 Å². The molecule has 5 nitrogen and oxygen atoms in total. The molecule has 5 atom stereocenters. The second-order valence-corrected chi connectivity index (χ2v) is 11.2. The van der Waals surface area contributed by atoms with Crippen molar-refractivity contribution in [3.63, 3.8) is 0 Å². The summed E-state index contributed by atoms with van der Waals surface area (Å²) >= 11 is 1.77. The lowest BCUT2D eigenvalue weighted by molar-refractivity contribution is -0.137. The summed E-state index contributed by atoms with van der Waals surface area (Å²) in [6.45, 7) is 0. The number of rotatable bonds is 14. The number of nitrogens with zero attached hydrogens (tertiary/aromatic N) is 1. The van der Waals surface area contributed by atoms with E-state index in [-0.39, 0.29) is 35.7 Å². The summed E-state index contributed by atoms with van der Waals surface area (Å²) in [6.07, 6.45) is 11.5. The van der Waals surface area contributed by atoms with Crippen molar-refractivity contribution in [1.29, 1.82) is 5.26 Å². The van der Waals surface area contributed by atoms with E-state index < -0.39 is 12.1 Å². The summed E-state index contributed by atoms with van der Waals surface area (Å²) in [5.41, 5.74) is 0.0314. The number of hydrogen-bond acceptors (Lipinski definition) is 5. The van der Waals surface area contributed by atoms with Gasteiger partial charge in [0.2, 0.25) is 0 Å². The molecule has 1 aromatic heterocycles. The number of aliphatic carboxylic acids is 1. The molecular formula is C26H39NO4S. The quantitative estimate of drug-likeness (QED) is 0.315. The molecule has 3 rings (SSSR count). The molecule has 2 saturated carbocycles. The maximum absolute atomic E-state index is 11.0. The minimum Gasteiger partial charge on any atom is -0.481 e. The van der Waals surface area contributed by atoms with Gasteiger partial charge in [0.05, 0.1) is 24.2 Å². The van der Waals surface area contributed by atoms with Crippen LogP contribution in [0.15, 0.2) is 17.5 Å². The van der Waals surface area contributed by atoms with E-state index in [1.165, 1.54) is 11.3 Å². The van der Waals surface area contributed by atoms with Crippen molar-refractivity contribution in [3.8, 4) is 6.07 Å². The van der Waals surface area contributed by atoms with Gasteiger partial charge in [0.15, 0.2) is 0 Å². The van der Waals surface area contributed by atoms with Crippen LogP contribution in [0.25, 0.3) is 0 Å². The maximum atomic E-state index is 11.0. The van der Waals surface area contributed by atoms with E-state index in [0.29, 0.717) is 12.8 Å². The first-order valence-electron chi connectivity index (χ1n) is 12.4. The van der Waals surface area contributed by atoms with Gasteiger partial charge in [-0.15, -0.1) is 11.3 Å². The van der Waals surface area contributed by atoms with Crippen molar-refractivity contribution in [3.05, 3.63) is 22.4 Å². The number of carboxylic acid groups (broad SMARTS) is 1. The highest BCUT2D eigenvalue weighted by Gasteiger charge is 2.44. The Kier molecular flexibility index (Phi) is 9.58. The third-order valence-corrected chi connectivity index (χ3v) is 8.95. The molecule has 0 spiro atoms. The Labute approximate surface area is 196 Å². The van der Waals surface area contributed by atoms with Gasteiger partial charge in [-0.05, 0) is 74.6 Å². The predicted octanol–water partition coefficient (Wildman–Crippen LogP) is 5.55. The molecule has 1 aromatic rings. The Balaban J connectivity index is 1.45. The summed E-state index contributed by atoms with van der Waals surface area (Å²) < 4.78 is 0. The van der Waals surface area contributed by atoms with Gasteiger partial charge in [-0.25, -0.2) is 0 Å². The van der Waals surface area contributed by atoms with Crippen molar-refractivity contribution >= 4 is 17.3 Å². The smallest absolute Gasteiger partial charge is 0.303 e. The molecule has 6 heteroatoms. The van der Waals surface area contributed by atoms with Crippen LogP contribution in [0.5, 0.6) is 0 Å². The summed E-state index contributed by atoms with van der Waals surface area (Å²) in [6, 6.07) is 6.67. The Hall–Kier alpha value is -1.42. The molecule has 0 saturated heterocycles. The van der Waals surface area contributed by atoms with Gasteiger partial charge >= 0.3 is 5.97 Å². The van der Waals surface area contributed by atoms with Gasteiger partial charge in [-0.3, -0.25) is 4.79 Å². The molecule has 0 aliphatic heterocycles. The minimum atomic E-state index is -0.741. The van der Waals surface area contributed by atoms with Crippen molar-refractivity contribution < 1.29 is 20.1 Å². The lowest BCUT2D eigenvalue weighted by Gasteiger charge is -2.46. The average Bonchev–Trinajstić information content (AvgIpc) is 3.35. The van der Waals surface area contributed by atoms with E-state index >= 15 is 0 Å². The lowest BCUT2D eigenvalue weighted by atomic mass is 9.62. The van der Waals surface area contributed by atoms with Crippen LogP contribution < -0.4 is 0 Å². The third-order valence-electron chi connectivity index (χ3n) is 8.08. The summed E-state index contributed by atoms with van der Waals surface area (Å²) in [5, 5.41) is 42.1. The number of hydrogen-bond donors (Lipinski definition) is 3. The van der Waals surface area contributed by atoms with E-state index in [9.17, 15) is 20.3 Å². The number of nitriles is 1. The molecule has 0 bridgehead atoms. The highest BCUT2D eigenvalue weighted by molar-refractivity contribution is 7.09. The van der Waals surface area contributed by atoms with Crippen LogP contribution in [0.2, 0.25) is 0 Å². The Morgan fingerprint density at radius 2 is 1.94 bits per heavy atom. The SMILES string of the molecule is N#CC1C[C@@H](O)C(CCCC(O)C2(Cc3cccs3)CCC2)[C@H]1CCCCCCC(=O)O. The molecule has 32 heavy (non-hydrogen) atoms. The largest absolute Gasteiger partial charge is 0.481 e. The first kappa shape index (κ1) is 25.2. The van der Waals surface area contributed by atoms with Crippen molar-refractivity contribution in [1.82, 2.24) is 0 Å². The molecule has 2 fully saturated rings. The first-order valence-corrected chi connectivity index (χ1v) is 13.3. The zero-order valence-electron chi connectivity index (χ0n) is 19.1. The number of aliphatic hydroxyl groups excluding tert-OH is 2. The summed E-state index contributed by atoms with van der Waals surface area (Å²) in [7, 11) is 0. The maximum Gasteiger partial charge on any atom is 0.303 e. The number of aliphatic hydroxyl groups is 2. The second-order valence-electron chi connectivity index (χ2n) is 10.1. The van der Waals surface area contributed by atoms with Gasteiger partial charge < -0.3 is 15.3 Å². The van der Waals surface area contributed by atoms with E-state index in [1.54, 1.807) is 11.3 Å². The van der Waals surface area contributed by atoms with Gasteiger partial charge in [0, 0.05) is 16.7 Å². The molecule has 0 amide bonds. The molecule has 0 aromatic carbocycles. The van der Waals surface area contributed by atoms with E-state index in [1.807, 2.05) is 0 Å². The predicted molar refractivity (Wildman–Crippen MR) is 126 cm³/mol. The van der Waals surface area contributed by atoms with Crippen LogP contribution in [0, 0.1) is 34.5 Å². The van der Waals surface area contributed by atoms with E-state index in [4.69, 9.17) is 5.11 Å². The normalized spacial score (nSPS) is 27.5. The van der Waals surface area contributed by atoms with Crippen LogP contribution in [0.3, 0.4) is 0 Å². The fourth-order valence-electron chi connectivity index (χ4n) is 6.05. The van der Waals surface area contributed by atoms with Crippen molar-refractivity contribution in [2.75, 3.05) is 0 Å². The summed E-state index contributed by atoms with van der Waals surface area (Å²) in [5.74, 6) is -0.471. The van der Waals surface area contributed by atoms with Gasteiger partial charge in [-0.2, -0.15) is 5.26 Å². The molecule has 178 valence electrons. The first-order chi connectivity index (χ1) is 15.4. The average molecular weight is 462 g/mol. The third kappa shape index (κ3) is 6.56. The summed E-state index contributed by atoms with van der Waals surface area (Å²) in [4.78, 5) is 12.0. The van der Waals surface area contributed by atoms with Crippen LogP contribution in [-0.4, -0.2) is 33.5 Å². The lowest BCUT2D eigenvalue weighted by Crippen LogP contribution is -2.43. The number of carbonyl (C=O) groups is 1. The standard InChI is InChI=1S/C26H39NO4S/c27-18-19-16-23(28)22(21(19)9-3-1-2-4-12-25(30)31)10-5-11-24(29)26(13-7-14-26)17-20-8-6-15-32-20/h6,8,15,19,21-24,28-29H,1-5,7,9-14,16-17H2,(H,30,31)/t19?,21-,22?,23+,24?/m0/s1. The van der Waals surface area contributed by atoms with Crippen LogP contribution in [0.1, 0.15) is 88.3 Å². The highest BCUT2D eigenvalue weighted by Crippen LogP contribution is 2.49. The Bertz CT molecular complexity index is 740. The van der Waals surface area contributed by atoms with Crippen molar-refractivity contribution in [2.24, 2.45) is 23.2 Å². The monoisotopic (exact) mass is 461 g/mol. The number of thiophene rings is 1. The zero-order chi connectivity index (χ0) is 23.0. The molecule has 3 unspecified atom stereocenters.